The first kappa shape index (κ1) is 27.6. The number of amides is 1. The van der Waals surface area contributed by atoms with Crippen LogP contribution in [0.25, 0.3) is 0 Å². The number of nitrogens with one attached hydrogen (secondary N) is 1. The number of esters is 3. The molecule has 0 saturated heterocycles. The summed E-state index contributed by atoms with van der Waals surface area (Å²) in [7, 11) is 1.19. The minimum absolute atomic E-state index is 0.0474. The summed E-state index contributed by atoms with van der Waals surface area (Å²) in [4.78, 5) is 62.9. The molecule has 0 heterocycles. The molecule has 0 spiro atoms. The van der Waals surface area contributed by atoms with E-state index in [2.05, 4.69) is 10.1 Å². The van der Waals surface area contributed by atoms with Crippen LogP contribution in [0.5, 0.6) is 0 Å². The average Bonchev–Trinajstić information content (AvgIpc) is 2.89. The van der Waals surface area contributed by atoms with Gasteiger partial charge in [-0.3, -0.25) is 4.79 Å². The molecule has 10 nitrogen and oxygen atoms in total. The topological polar surface area (TPSA) is 145 Å². The van der Waals surface area contributed by atoms with Crippen LogP contribution in [0.4, 0.5) is 5.69 Å². The van der Waals surface area contributed by atoms with Crippen LogP contribution in [0, 0.1) is 13.8 Å². The second-order valence-electron chi connectivity index (χ2n) is 8.29. The number of ether oxygens (including phenoxy) is 3. The number of benzene rings is 3. The predicted molar refractivity (Wildman–Crippen MR) is 135 cm³/mol. The van der Waals surface area contributed by atoms with Crippen LogP contribution in [0.3, 0.4) is 0 Å². The molecule has 196 valence electrons. The fourth-order valence-electron chi connectivity index (χ4n) is 3.46. The van der Waals surface area contributed by atoms with Crippen molar-refractivity contribution >= 4 is 35.5 Å². The van der Waals surface area contributed by atoms with E-state index in [1.807, 2.05) is 0 Å². The van der Waals surface area contributed by atoms with Crippen molar-refractivity contribution in [2.45, 2.75) is 26.1 Å². The summed E-state index contributed by atoms with van der Waals surface area (Å²) < 4.78 is 15.1. The third-order valence-corrected chi connectivity index (χ3v) is 5.30. The number of carbonyl (C=O) groups is 5. The van der Waals surface area contributed by atoms with Gasteiger partial charge in [0.15, 0.2) is 0 Å². The molecular weight excluding hydrogens is 494 g/mol. The van der Waals surface area contributed by atoms with Gasteiger partial charge in [0.2, 0.25) is 12.2 Å². The van der Waals surface area contributed by atoms with Crippen molar-refractivity contribution in [3.8, 4) is 0 Å². The Morgan fingerprint density at radius 2 is 1.16 bits per heavy atom. The largest absolute Gasteiger partial charge is 0.478 e. The first-order valence-corrected chi connectivity index (χ1v) is 11.4. The van der Waals surface area contributed by atoms with Crippen molar-refractivity contribution in [3.63, 3.8) is 0 Å². The lowest BCUT2D eigenvalue weighted by atomic mass is 10.1. The zero-order chi connectivity index (χ0) is 27.8. The Morgan fingerprint density at radius 3 is 1.63 bits per heavy atom. The predicted octanol–water partition coefficient (Wildman–Crippen LogP) is 3.56. The molecule has 2 atom stereocenters. The summed E-state index contributed by atoms with van der Waals surface area (Å²) in [6, 6.07) is 18.1. The number of rotatable bonds is 9. The molecule has 3 aromatic carbocycles. The third kappa shape index (κ3) is 7.03. The van der Waals surface area contributed by atoms with Crippen LogP contribution in [0.15, 0.2) is 72.8 Å². The quantitative estimate of drug-likeness (QED) is 0.320. The van der Waals surface area contributed by atoms with Crippen molar-refractivity contribution in [3.05, 3.63) is 101 Å². The summed E-state index contributed by atoms with van der Waals surface area (Å²) in [5.41, 5.74) is 1.75. The van der Waals surface area contributed by atoms with Crippen molar-refractivity contribution in [2.24, 2.45) is 0 Å². The molecule has 0 aliphatic rings. The van der Waals surface area contributed by atoms with E-state index in [0.717, 1.165) is 11.1 Å². The Morgan fingerprint density at radius 1 is 0.684 bits per heavy atom. The van der Waals surface area contributed by atoms with Gasteiger partial charge in [-0.15, -0.1) is 0 Å². The fraction of sp³-hybridized carbons (Fsp3) is 0.179. The van der Waals surface area contributed by atoms with Gasteiger partial charge in [0, 0.05) is 5.69 Å². The molecule has 0 radical (unpaired) electrons. The zero-order valence-electron chi connectivity index (χ0n) is 20.8. The number of anilines is 1. The molecule has 38 heavy (non-hydrogen) atoms. The summed E-state index contributed by atoms with van der Waals surface area (Å²) >= 11 is 0. The Kier molecular flexibility index (Phi) is 8.94. The third-order valence-electron chi connectivity index (χ3n) is 5.30. The normalized spacial score (nSPS) is 12.0. The highest BCUT2D eigenvalue weighted by molar-refractivity contribution is 6.02. The van der Waals surface area contributed by atoms with Gasteiger partial charge < -0.3 is 24.6 Å². The van der Waals surface area contributed by atoms with Crippen LogP contribution in [-0.4, -0.2) is 54.2 Å². The molecule has 3 rings (SSSR count). The molecule has 10 heteroatoms. The lowest BCUT2D eigenvalue weighted by Crippen LogP contribution is -2.48. The summed E-state index contributed by atoms with van der Waals surface area (Å²) in [5, 5.41) is 12.3. The van der Waals surface area contributed by atoms with Crippen molar-refractivity contribution in [1.82, 2.24) is 0 Å². The Bertz CT molecular complexity index is 1380. The summed E-state index contributed by atoms with van der Waals surface area (Å²) in [6.07, 6.45) is -4.28. The van der Waals surface area contributed by atoms with E-state index in [9.17, 15) is 29.1 Å². The first-order valence-electron chi connectivity index (χ1n) is 11.4. The second-order valence-corrected chi connectivity index (χ2v) is 8.29. The van der Waals surface area contributed by atoms with Crippen molar-refractivity contribution < 1.29 is 43.3 Å². The number of carboxylic acid groups (broad SMARTS) is 1. The average molecular weight is 520 g/mol. The number of carbonyl (C=O) groups excluding carboxylic acids is 4. The van der Waals surface area contributed by atoms with E-state index in [-0.39, 0.29) is 22.4 Å². The molecule has 0 bridgehead atoms. The van der Waals surface area contributed by atoms with Crippen LogP contribution < -0.4 is 5.32 Å². The number of hydrogen-bond donors (Lipinski definition) is 2. The summed E-state index contributed by atoms with van der Waals surface area (Å²) in [5.74, 6) is -5.52. The molecular formula is C28H25NO9. The standard InChI is InChI=1S/C28H25NO9/c1-16-7-4-9-18(13-16)27(34)37-22(24(30)29-21-12-6-11-20(15-21)26(33)36-3)23(25(31)32)38-28(35)19-10-5-8-17(2)14-19/h4-15,22-23H,1-3H3,(H,29,30)(H,31,32)/t22-,23-/m0/s1. The number of carboxylic acids is 1. The van der Waals surface area contributed by atoms with Gasteiger partial charge in [-0.2, -0.15) is 0 Å². The van der Waals surface area contributed by atoms with E-state index in [0.29, 0.717) is 0 Å². The van der Waals surface area contributed by atoms with E-state index in [1.54, 1.807) is 38.1 Å². The zero-order valence-corrected chi connectivity index (χ0v) is 20.8. The molecule has 0 aliphatic carbocycles. The molecule has 1 amide bonds. The van der Waals surface area contributed by atoms with Gasteiger partial charge in [-0.05, 0) is 56.3 Å². The molecule has 0 saturated carbocycles. The number of hydrogen-bond acceptors (Lipinski definition) is 8. The smallest absolute Gasteiger partial charge is 0.349 e. The molecule has 0 fully saturated rings. The Balaban J connectivity index is 1.94. The van der Waals surface area contributed by atoms with Crippen LogP contribution >= 0.6 is 0 Å². The lowest BCUT2D eigenvalue weighted by molar-refractivity contribution is -0.157. The minimum Gasteiger partial charge on any atom is -0.478 e. The van der Waals surface area contributed by atoms with Crippen LogP contribution in [-0.2, 0) is 23.8 Å². The van der Waals surface area contributed by atoms with Gasteiger partial charge in [0.25, 0.3) is 5.91 Å². The number of aliphatic carboxylic acids is 1. The van der Waals surface area contributed by atoms with Gasteiger partial charge in [-0.25, -0.2) is 19.2 Å². The maximum Gasteiger partial charge on any atom is 0.349 e. The van der Waals surface area contributed by atoms with E-state index in [1.165, 1.54) is 55.6 Å². The van der Waals surface area contributed by atoms with E-state index >= 15 is 0 Å². The maximum atomic E-state index is 13.3. The summed E-state index contributed by atoms with van der Waals surface area (Å²) in [6.45, 7) is 3.47. The highest BCUT2D eigenvalue weighted by Gasteiger charge is 2.41. The van der Waals surface area contributed by atoms with E-state index in [4.69, 9.17) is 9.47 Å². The Labute approximate surface area is 218 Å². The molecule has 2 N–H and O–H groups in total. The van der Waals surface area contributed by atoms with Crippen molar-refractivity contribution in [1.29, 1.82) is 0 Å². The van der Waals surface area contributed by atoms with Gasteiger partial charge in [0.05, 0.1) is 23.8 Å². The fourth-order valence-corrected chi connectivity index (χ4v) is 3.46. The van der Waals surface area contributed by atoms with Gasteiger partial charge in [-0.1, -0.05) is 41.5 Å². The first-order chi connectivity index (χ1) is 18.1. The second kappa shape index (κ2) is 12.3. The SMILES string of the molecule is COC(=O)c1cccc(NC(=O)[C@@H](OC(=O)c2cccc(C)c2)[C@H](OC(=O)c2cccc(C)c2)C(=O)O)c1. The number of aryl methyl sites for hydroxylation is 2. The Hall–Kier alpha value is -4.99. The minimum atomic E-state index is -2.19. The van der Waals surface area contributed by atoms with Crippen molar-refractivity contribution in [2.75, 3.05) is 12.4 Å². The highest BCUT2D eigenvalue weighted by atomic mass is 16.6. The molecule has 0 aliphatic heterocycles. The van der Waals surface area contributed by atoms with Gasteiger partial charge in [0.1, 0.15) is 0 Å². The van der Waals surface area contributed by atoms with Gasteiger partial charge >= 0.3 is 23.9 Å². The monoisotopic (exact) mass is 519 g/mol. The number of methoxy groups -OCH3 is 1. The van der Waals surface area contributed by atoms with Crippen LogP contribution in [0.2, 0.25) is 0 Å². The maximum absolute atomic E-state index is 13.3. The highest BCUT2D eigenvalue weighted by Crippen LogP contribution is 2.18. The molecule has 0 unspecified atom stereocenters. The molecule has 0 aromatic heterocycles. The lowest BCUT2D eigenvalue weighted by Gasteiger charge is -2.23. The van der Waals surface area contributed by atoms with E-state index < -0.39 is 42.0 Å². The van der Waals surface area contributed by atoms with Crippen LogP contribution in [0.1, 0.15) is 42.2 Å². The molecule has 3 aromatic rings.